The first-order valence-corrected chi connectivity index (χ1v) is 9.19. The normalized spacial score (nSPS) is 20.1. The molecule has 3 rings (SSSR count). The van der Waals surface area contributed by atoms with E-state index in [0.717, 1.165) is 5.56 Å². The first-order valence-electron chi connectivity index (χ1n) is 9.19. The van der Waals surface area contributed by atoms with Crippen LogP contribution in [0.25, 0.3) is 0 Å². The van der Waals surface area contributed by atoms with Crippen molar-refractivity contribution in [1.29, 1.82) is 0 Å². The molecule has 2 saturated heterocycles. The molecule has 0 unspecified atom stereocenters. The molecule has 1 aromatic carbocycles. The van der Waals surface area contributed by atoms with E-state index >= 15 is 0 Å². The van der Waals surface area contributed by atoms with Gasteiger partial charge in [0.15, 0.2) is 0 Å². The Morgan fingerprint density at radius 1 is 1.14 bits per heavy atom. The maximum Gasteiger partial charge on any atom is 0.406 e. The molecule has 0 radical (unpaired) electrons. The van der Waals surface area contributed by atoms with Gasteiger partial charge in [0.05, 0.1) is 5.92 Å². The third kappa shape index (κ3) is 4.28. The van der Waals surface area contributed by atoms with Gasteiger partial charge < -0.3 is 9.80 Å². The van der Waals surface area contributed by atoms with Crippen molar-refractivity contribution >= 4 is 17.8 Å². The van der Waals surface area contributed by atoms with Gasteiger partial charge in [-0.15, -0.1) is 0 Å². The molecule has 2 aliphatic heterocycles. The molecule has 0 aromatic heterocycles. The summed E-state index contributed by atoms with van der Waals surface area (Å²) < 4.78 is 37.7. The quantitative estimate of drug-likeness (QED) is 0.734. The summed E-state index contributed by atoms with van der Waals surface area (Å²) in [5, 5.41) is 0. The van der Waals surface area contributed by atoms with Gasteiger partial charge in [0.25, 0.3) is 5.91 Å². The predicted molar refractivity (Wildman–Crippen MR) is 94.3 cm³/mol. The van der Waals surface area contributed by atoms with Gasteiger partial charge in [-0.1, -0.05) is 30.3 Å². The third-order valence-electron chi connectivity index (χ3n) is 5.31. The smallest absolute Gasteiger partial charge is 0.342 e. The van der Waals surface area contributed by atoms with Gasteiger partial charge in [0.1, 0.15) is 13.1 Å². The number of hydrogen-bond donors (Lipinski definition) is 0. The van der Waals surface area contributed by atoms with Gasteiger partial charge >= 0.3 is 12.2 Å². The Kier molecular flexibility index (Phi) is 5.62. The van der Waals surface area contributed by atoms with Crippen molar-refractivity contribution in [1.82, 2.24) is 14.7 Å². The number of halogens is 3. The number of carbonyl (C=O) groups excluding carboxylic acids is 3. The van der Waals surface area contributed by atoms with Gasteiger partial charge in [0, 0.05) is 19.1 Å². The van der Waals surface area contributed by atoms with E-state index in [1.165, 1.54) is 4.90 Å². The summed E-state index contributed by atoms with van der Waals surface area (Å²) in [6.45, 7) is 0.734. The summed E-state index contributed by atoms with van der Waals surface area (Å²) in [6, 6.07) is 8.15. The van der Waals surface area contributed by atoms with Crippen LogP contribution in [-0.2, 0) is 9.59 Å². The van der Waals surface area contributed by atoms with Crippen LogP contribution in [0.2, 0.25) is 0 Å². The van der Waals surface area contributed by atoms with Crippen LogP contribution in [0.3, 0.4) is 0 Å². The Morgan fingerprint density at radius 3 is 2.32 bits per heavy atom. The zero-order valence-electron chi connectivity index (χ0n) is 15.5. The molecular weight excluding hydrogens is 375 g/mol. The molecule has 2 heterocycles. The lowest BCUT2D eigenvalue weighted by Crippen LogP contribution is -2.49. The lowest BCUT2D eigenvalue weighted by atomic mass is 9.97. The molecule has 0 N–H and O–H groups in total. The largest absolute Gasteiger partial charge is 0.406 e. The first-order chi connectivity index (χ1) is 13.2. The number of nitrogens with zero attached hydrogens (tertiary/aromatic N) is 3. The molecule has 1 aromatic rings. The topological polar surface area (TPSA) is 60.9 Å². The number of carbonyl (C=O) groups is 3. The Bertz CT molecular complexity index is 746. The maximum atomic E-state index is 12.7. The highest BCUT2D eigenvalue weighted by atomic mass is 19.4. The predicted octanol–water partition coefficient (Wildman–Crippen LogP) is 2.61. The summed E-state index contributed by atoms with van der Waals surface area (Å²) in [7, 11) is 0. The number of rotatable bonds is 4. The average molecular weight is 397 g/mol. The molecule has 0 spiro atoms. The van der Waals surface area contributed by atoms with Crippen LogP contribution in [0.4, 0.5) is 18.0 Å². The number of likely N-dealkylation sites (tertiary alicyclic amines) is 1. The second-order valence-corrected chi connectivity index (χ2v) is 7.19. The molecule has 6 nitrogen and oxygen atoms in total. The molecule has 1 atom stereocenters. The van der Waals surface area contributed by atoms with E-state index in [9.17, 15) is 27.6 Å². The fourth-order valence-electron chi connectivity index (χ4n) is 3.74. The Balaban J connectivity index is 1.57. The van der Waals surface area contributed by atoms with Gasteiger partial charge in [-0.25, -0.2) is 4.79 Å². The fraction of sp³-hybridized carbons (Fsp3) is 0.526. The van der Waals surface area contributed by atoms with E-state index in [0.29, 0.717) is 25.9 Å². The summed E-state index contributed by atoms with van der Waals surface area (Å²) in [4.78, 5) is 40.0. The van der Waals surface area contributed by atoms with Crippen molar-refractivity contribution in [2.75, 3.05) is 26.2 Å². The number of amides is 4. The molecular formula is C19H22F3N3O3. The van der Waals surface area contributed by atoms with Crippen molar-refractivity contribution in [2.24, 2.45) is 0 Å². The van der Waals surface area contributed by atoms with Crippen LogP contribution in [0.5, 0.6) is 0 Å². The van der Waals surface area contributed by atoms with Crippen LogP contribution in [-0.4, -0.2) is 70.9 Å². The number of piperidine rings is 1. The van der Waals surface area contributed by atoms with Crippen molar-refractivity contribution in [3.05, 3.63) is 35.9 Å². The summed E-state index contributed by atoms with van der Waals surface area (Å²) in [5.74, 6) is -1.15. The van der Waals surface area contributed by atoms with E-state index in [2.05, 4.69) is 0 Å². The number of hydrogen-bond acceptors (Lipinski definition) is 3. The maximum absolute atomic E-state index is 12.7. The lowest BCUT2D eigenvalue weighted by Gasteiger charge is -2.37. The van der Waals surface area contributed by atoms with Gasteiger partial charge in [-0.05, 0) is 25.3 Å². The number of alkyl halides is 3. The van der Waals surface area contributed by atoms with Crippen molar-refractivity contribution in [3.8, 4) is 0 Å². The number of benzene rings is 1. The van der Waals surface area contributed by atoms with Crippen LogP contribution < -0.4 is 0 Å². The Labute approximate surface area is 160 Å². The van der Waals surface area contributed by atoms with Crippen LogP contribution >= 0.6 is 0 Å². The minimum absolute atomic E-state index is 0.0211. The van der Waals surface area contributed by atoms with Gasteiger partial charge in [-0.3, -0.25) is 14.5 Å². The summed E-state index contributed by atoms with van der Waals surface area (Å²) >= 11 is 0. The molecule has 152 valence electrons. The van der Waals surface area contributed by atoms with E-state index in [-0.39, 0.29) is 29.3 Å². The number of urea groups is 1. The van der Waals surface area contributed by atoms with Crippen molar-refractivity contribution in [2.45, 2.75) is 37.9 Å². The van der Waals surface area contributed by atoms with E-state index in [4.69, 9.17) is 0 Å². The fourth-order valence-corrected chi connectivity index (χ4v) is 3.74. The van der Waals surface area contributed by atoms with Crippen molar-refractivity contribution < 1.29 is 27.6 Å². The molecule has 0 saturated carbocycles. The first kappa shape index (κ1) is 20.2. The molecule has 9 heteroatoms. The standard InChI is InChI=1S/C19H22F3N3O3/c1-13(14-5-3-2-4-6-14)17(27)23-9-7-15(8-10-23)24-11-16(26)25(18(24)28)12-19(20,21)22/h2-6,13,15H,7-12H2,1H3/t13-/m1/s1. The second-order valence-electron chi connectivity index (χ2n) is 7.19. The molecule has 0 aliphatic carbocycles. The SMILES string of the molecule is C[C@@H](C(=O)N1CCC(N2CC(=O)N(CC(F)(F)F)C2=O)CC1)c1ccccc1. The highest BCUT2D eigenvalue weighted by Gasteiger charge is 2.45. The monoisotopic (exact) mass is 397 g/mol. The van der Waals surface area contributed by atoms with Gasteiger partial charge in [0.2, 0.25) is 5.91 Å². The highest BCUT2D eigenvalue weighted by Crippen LogP contribution is 2.27. The third-order valence-corrected chi connectivity index (χ3v) is 5.31. The Morgan fingerprint density at radius 2 is 1.75 bits per heavy atom. The van der Waals surface area contributed by atoms with E-state index in [1.54, 1.807) is 4.90 Å². The zero-order chi connectivity index (χ0) is 20.5. The average Bonchev–Trinajstić information content (AvgIpc) is 2.94. The van der Waals surface area contributed by atoms with Crippen LogP contribution in [0, 0.1) is 0 Å². The minimum Gasteiger partial charge on any atom is -0.342 e. The minimum atomic E-state index is -4.62. The van der Waals surface area contributed by atoms with Crippen LogP contribution in [0.1, 0.15) is 31.2 Å². The molecule has 2 fully saturated rings. The Hall–Kier alpha value is -2.58. The zero-order valence-corrected chi connectivity index (χ0v) is 15.5. The molecule has 28 heavy (non-hydrogen) atoms. The van der Waals surface area contributed by atoms with E-state index < -0.39 is 24.7 Å². The highest BCUT2D eigenvalue weighted by molar-refractivity contribution is 6.02. The van der Waals surface area contributed by atoms with Crippen molar-refractivity contribution in [3.63, 3.8) is 0 Å². The lowest BCUT2D eigenvalue weighted by molar-refractivity contribution is -0.151. The van der Waals surface area contributed by atoms with Crippen LogP contribution in [0.15, 0.2) is 30.3 Å². The van der Waals surface area contributed by atoms with E-state index in [1.807, 2.05) is 37.3 Å². The molecule has 4 amide bonds. The molecule has 0 bridgehead atoms. The summed E-state index contributed by atoms with van der Waals surface area (Å²) in [5.41, 5.74) is 0.915. The molecule has 2 aliphatic rings. The second kappa shape index (κ2) is 7.81. The van der Waals surface area contributed by atoms with Gasteiger partial charge in [-0.2, -0.15) is 13.2 Å². The number of imide groups is 1. The summed E-state index contributed by atoms with van der Waals surface area (Å²) in [6.07, 6.45) is -3.75.